The van der Waals surface area contributed by atoms with Gasteiger partial charge in [0.2, 0.25) is 11.8 Å². The number of hydrazone groups is 2. The van der Waals surface area contributed by atoms with Gasteiger partial charge in [-0.15, -0.1) is 0 Å². The van der Waals surface area contributed by atoms with Crippen LogP contribution in [0.5, 0.6) is 11.5 Å². The second-order valence-corrected chi connectivity index (χ2v) is 6.36. The Morgan fingerprint density at radius 1 is 0.750 bits per heavy atom. The summed E-state index contributed by atoms with van der Waals surface area (Å²) in [6.07, 6.45) is 6.16. The molecule has 0 bridgehead atoms. The van der Waals surface area contributed by atoms with Crippen LogP contribution in [0.15, 0.2) is 84.0 Å². The average molecular weight is 434 g/mol. The number of para-hydroxylation sites is 2. The molecule has 0 saturated heterocycles. The molecule has 2 amide bonds. The first-order valence-corrected chi connectivity index (χ1v) is 9.93. The number of hydrogen-bond donors (Lipinski definition) is 2. The molecule has 0 aromatic heterocycles. The molecule has 0 heterocycles. The Labute approximate surface area is 187 Å². The Kier molecular flexibility index (Phi) is 10.5. The Hall–Kier alpha value is -4.20. The van der Waals surface area contributed by atoms with Crippen molar-refractivity contribution in [1.29, 1.82) is 0 Å². The van der Waals surface area contributed by atoms with E-state index in [1.807, 2.05) is 24.3 Å². The number of amides is 2. The SMILES string of the molecule is C=CCOc1ccccc1C=NNC(=O)CCC(=O)NN=Cc1ccccc1OCC=C. The fourth-order valence-corrected chi connectivity index (χ4v) is 2.42. The Morgan fingerprint density at radius 3 is 1.56 bits per heavy atom. The van der Waals surface area contributed by atoms with Crippen LogP contribution in [0.2, 0.25) is 0 Å². The molecule has 0 spiro atoms. The summed E-state index contributed by atoms with van der Waals surface area (Å²) in [5.41, 5.74) is 6.20. The highest BCUT2D eigenvalue weighted by Crippen LogP contribution is 2.16. The Bertz CT molecular complexity index is 906. The number of benzene rings is 2. The Balaban J connectivity index is 1.76. The molecule has 0 unspecified atom stereocenters. The van der Waals surface area contributed by atoms with Gasteiger partial charge in [-0.2, -0.15) is 10.2 Å². The molecule has 8 heteroatoms. The molecule has 0 atom stereocenters. The number of carbonyl (C=O) groups excluding carboxylic acids is 2. The first kappa shape index (κ1) is 24.1. The minimum absolute atomic E-state index is 0.0354. The largest absolute Gasteiger partial charge is 0.489 e. The normalized spacial score (nSPS) is 10.6. The Morgan fingerprint density at radius 2 is 1.16 bits per heavy atom. The molecule has 0 aliphatic rings. The van der Waals surface area contributed by atoms with Gasteiger partial charge < -0.3 is 9.47 Å². The molecule has 32 heavy (non-hydrogen) atoms. The maximum Gasteiger partial charge on any atom is 0.240 e. The fraction of sp³-hybridized carbons (Fsp3) is 0.167. The molecule has 166 valence electrons. The van der Waals surface area contributed by atoms with Crippen molar-refractivity contribution in [2.75, 3.05) is 13.2 Å². The van der Waals surface area contributed by atoms with Crippen molar-refractivity contribution in [1.82, 2.24) is 10.9 Å². The number of rotatable bonds is 13. The van der Waals surface area contributed by atoms with Gasteiger partial charge in [0.25, 0.3) is 0 Å². The van der Waals surface area contributed by atoms with Crippen LogP contribution < -0.4 is 20.3 Å². The molecule has 2 N–H and O–H groups in total. The maximum absolute atomic E-state index is 11.9. The van der Waals surface area contributed by atoms with Crippen molar-refractivity contribution < 1.29 is 19.1 Å². The van der Waals surface area contributed by atoms with Gasteiger partial charge in [-0.1, -0.05) is 49.6 Å². The summed E-state index contributed by atoms with van der Waals surface area (Å²) in [5.74, 6) is 0.458. The summed E-state index contributed by atoms with van der Waals surface area (Å²) in [6, 6.07) is 14.5. The number of nitrogens with zero attached hydrogens (tertiary/aromatic N) is 2. The summed E-state index contributed by atoms with van der Waals surface area (Å²) in [7, 11) is 0. The van der Waals surface area contributed by atoms with Crippen molar-refractivity contribution >= 4 is 24.2 Å². The van der Waals surface area contributed by atoms with E-state index in [1.165, 1.54) is 12.4 Å². The predicted molar refractivity (Wildman–Crippen MR) is 125 cm³/mol. The smallest absolute Gasteiger partial charge is 0.240 e. The maximum atomic E-state index is 11.9. The molecule has 0 saturated carbocycles. The van der Waals surface area contributed by atoms with E-state index in [4.69, 9.17) is 9.47 Å². The van der Waals surface area contributed by atoms with Crippen molar-refractivity contribution in [2.45, 2.75) is 12.8 Å². The minimum atomic E-state index is -0.395. The third-order valence-electron chi connectivity index (χ3n) is 3.92. The topological polar surface area (TPSA) is 101 Å². The first-order chi connectivity index (χ1) is 15.6. The summed E-state index contributed by atoms with van der Waals surface area (Å²) < 4.78 is 11.0. The van der Waals surface area contributed by atoms with Gasteiger partial charge >= 0.3 is 0 Å². The highest BCUT2D eigenvalue weighted by molar-refractivity contribution is 5.88. The molecule has 0 radical (unpaired) electrons. The zero-order valence-electron chi connectivity index (χ0n) is 17.7. The van der Waals surface area contributed by atoms with E-state index in [0.717, 1.165) is 0 Å². The molecular formula is C24H26N4O4. The summed E-state index contributed by atoms with van der Waals surface area (Å²) in [4.78, 5) is 23.8. The second-order valence-electron chi connectivity index (χ2n) is 6.36. The quantitative estimate of drug-likeness (QED) is 0.287. The molecule has 2 aromatic rings. The van der Waals surface area contributed by atoms with Crippen LogP contribution in [-0.2, 0) is 9.59 Å². The summed E-state index contributed by atoms with van der Waals surface area (Å²) in [5, 5.41) is 7.82. The molecule has 0 aliphatic heterocycles. The molecule has 2 rings (SSSR count). The van der Waals surface area contributed by atoms with Crippen molar-refractivity contribution in [3.63, 3.8) is 0 Å². The number of ether oxygens (including phenoxy) is 2. The van der Waals surface area contributed by atoms with Gasteiger partial charge in [0.1, 0.15) is 24.7 Å². The van der Waals surface area contributed by atoms with Crippen LogP contribution in [0.3, 0.4) is 0 Å². The van der Waals surface area contributed by atoms with Crippen LogP contribution in [0.25, 0.3) is 0 Å². The number of hydrogen-bond acceptors (Lipinski definition) is 6. The lowest BCUT2D eigenvalue weighted by Crippen LogP contribution is -2.22. The average Bonchev–Trinajstić information content (AvgIpc) is 2.81. The highest BCUT2D eigenvalue weighted by Gasteiger charge is 2.06. The van der Waals surface area contributed by atoms with Gasteiger partial charge in [0.15, 0.2) is 0 Å². The fourth-order valence-electron chi connectivity index (χ4n) is 2.42. The van der Waals surface area contributed by atoms with E-state index < -0.39 is 11.8 Å². The van der Waals surface area contributed by atoms with Gasteiger partial charge in [-0.3, -0.25) is 9.59 Å². The van der Waals surface area contributed by atoms with Crippen LogP contribution in [-0.4, -0.2) is 37.5 Å². The molecular weight excluding hydrogens is 408 g/mol. The summed E-state index contributed by atoms with van der Waals surface area (Å²) in [6.45, 7) is 7.94. The zero-order valence-corrected chi connectivity index (χ0v) is 17.7. The lowest BCUT2D eigenvalue weighted by molar-refractivity contribution is -0.126. The zero-order chi connectivity index (χ0) is 23.0. The van der Waals surface area contributed by atoms with Crippen LogP contribution in [0.1, 0.15) is 24.0 Å². The van der Waals surface area contributed by atoms with E-state index in [9.17, 15) is 9.59 Å². The van der Waals surface area contributed by atoms with E-state index >= 15 is 0 Å². The number of nitrogens with one attached hydrogen (secondary N) is 2. The van der Waals surface area contributed by atoms with Gasteiger partial charge in [0.05, 0.1) is 12.4 Å². The van der Waals surface area contributed by atoms with Crippen molar-refractivity contribution in [3.05, 3.63) is 85.0 Å². The monoisotopic (exact) mass is 434 g/mol. The van der Waals surface area contributed by atoms with Crippen LogP contribution in [0.4, 0.5) is 0 Å². The molecule has 0 fully saturated rings. The predicted octanol–water partition coefficient (Wildman–Crippen LogP) is 3.20. The lowest BCUT2D eigenvalue weighted by Gasteiger charge is -2.06. The van der Waals surface area contributed by atoms with E-state index in [2.05, 4.69) is 34.2 Å². The molecule has 2 aromatic carbocycles. The van der Waals surface area contributed by atoms with Crippen LogP contribution >= 0.6 is 0 Å². The minimum Gasteiger partial charge on any atom is -0.489 e. The van der Waals surface area contributed by atoms with Gasteiger partial charge in [-0.25, -0.2) is 10.9 Å². The third-order valence-corrected chi connectivity index (χ3v) is 3.92. The second kappa shape index (κ2) is 13.9. The third kappa shape index (κ3) is 8.66. The highest BCUT2D eigenvalue weighted by atomic mass is 16.5. The first-order valence-electron chi connectivity index (χ1n) is 9.93. The van der Waals surface area contributed by atoms with Gasteiger partial charge in [0, 0.05) is 24.0 Å². The van der Waals surface area contributed by atoms with Gasteiger partial charge in [-0.05, 0) is 24.3 Å². The van der Waals surface area contributed by atoms with E-state index in [1.54, 1.807) is 36.4 Å². The van der Waals surface area contributed by atoms with Crippen molar-refractivity contribution in [2.24, 2.45) is 10.2 Å². The van der Waals surface area contributed by atoms with Crippen LogP contribution in [0, 0.1) is 0 Å². The van der Waals surface area contributed by atoms with Crippen molar-refractivity contribution in [3.8, 4) is 11.5 Å². The lowest BCUT2D eigenvalue weighted by atomic mass is 10.2. The number of carbonyl (C=O) groups is 2. The summed E-state index contributed by atoms with van der Waals surface area (Å²) >= 11 is 0. The van der Waals surface area contributed by atoms with E-state index in [0.29, 0.717) is 35.8 Å². The molecule has 0 aliphatic carbocycles. The molecule has 8 nitrogen and oxygen atoms in total. The standard InChI is InChI=1S/C24H26N4O4/c1-3-15-31-21-11-7-5-9-19(21)17-25-27-23(29)13-14-24(30)28-26-18-20-10-6-8-12-22(20)32-16-4-2/h3-12,17-18H,1-2,13-16H2,(H,27,29)(H,28,30). The van der Waals surface area contributed by atoms with E-state index in [-0.39, 0.29) is 12.8 Å².